The van der Waals surface area contributed by atoms with Crippen LogP contribution in [-0.4, -0.2) is 6.26 Å². The summed E-state index contributed by atoms with van der Waals surface area (Å²) in [6.45, 7) is 4.59. The number of benzene rings is 1. The fourth-order valence-electron chi connectivity index (χ4n) is 2.54. The van der Waals surface area contributed by atoms with E-state index in [1.165, 1.54) is 37.7 Å². The Kier molecular flexibility index (Phi) is 4.19. The van der Waals surface area contributed by atoms with Crippen molar-refractivity contribution in [2.75, 3.05) is 6.26 Å². The summed E-state index contributed by atoms with van der Waals surface area (Å²) in [6.07, 6.45) is 8.90. The molecule has 1 heteroatoms. The van der Waals surface area contributed by atoms with Crippen LogP contribution in [-0.2, 0) is 11.2 Å². The standard InChI is InChI=1S/C16H24S/c1-13(2)5-6-14-7-9-15(10-8-14)16(17-3)11-4-12-16/h7-10,13H,4-6,11-12H2,1-3H3. The fraction of sp³-hybridized carbons (Fsp3) is 0.625. The highest BCUT2D eigenvalue weighted by molar-refractivity contribution is 7.99. The minimum Gasteiger partial charge on any atom is -0.154 e. The summed E-state index contributed by atoms with van der Waals surface area (Å²) in [7, 11) is 0. The smallest absolute Gasteiger partial charge is 0.0405 e. The molecule has 1 aliphatic rings. The Bertz CT molecular complexity index is 341. The van der Waals surface area contributed by atoms with E-state index in [9.17, 15) is 0 Å². The van der Waals surface area contributed by atoms with Gasteiger partial charge in [0.1, 0.15) is 0 Å². The highest BCUT2D eigenvalue weighted by atomic mass is 32.2. The molecule has 0 unspecified atom stereocenters. The van der Waals surface area contributed by atoms with E-state index < -0.39 is 0 Å². The van der Waals surface area contributed by atoms with Gasteiger partial charge in [0.2, 0.25) is 0 Å². The molecule has 94 valence electrons. The Morgan fingerprint density at radius 3 is 2.24 bits per heavy atom. The summed E-state index contributed by atoms with van der Waals surface area (Å²) in [4.78, 5) is 0. The zero-order valence-corrected chi connectivity index (χ0v) is 12.1. The number of hydrogen-bond acceptors (Lipinski definition) is 1. The maximum Gasteiger partial charge on any atom is 0.0405 e. The minimum absolute atomic E-state index is 0.455. The molecule has 17 heavy (non-hydrogen) atoms. The summed E-state index contributed by atoms with van der Waals surface area (Å²) < 4.78 is 0.455. The van der Waals surface area contributed by atoms with Crippen LogP contribution in [0.4, 0.5) is 0 Å². The molecule has 0 bridgehead atoms. The second kappa shape index (κ2) is 5.48. The first-order chi connectivity index (χ1) is 8.16. The first-order valence-corrected chi connectivity index (χ1v) is 8.03. The monoisotopic (exact) mass is 248 g/mol. The number of aryl methyl sites for hydroxylation is 1. The molecule has 0 N–H and O–H groups in total. The number of rotatable bonds is 5. The number of hydrogen-bond donors (Lipinski definition) is 0. The normalized spacial score (nSPS) is 18.1. The van der Waals surface area contributed by atoms with Gasteiger partial charge in [-0.2, -0.15) is 11.8 Å². The number of thioether (sulfide) groups is 1. The van der Waals surface area contributed by atoms with Gasteiger partial charge >= 0.3 is 0 Å². The van der Waals surface area contributed by atoms with E-state index in [1.54, 1.807) is 5.56 Å². The van der Waals surface area contributed by atoms with E-state index in [1.807, 2.05) is 11.8 Å². The molecular weight excluding hydrogens is 224 g/mol. The third-order valence-corrected chi connectivity index (χ3v) is 5.47. The molecule has 2 rings (SSSR count). The van der Waals surface area contributed by atoms with Crippen molar-refractivity contribution >= 4 is 11.8 Å². The van der Waals surface area contributed by atoms with Gasteiger partial charge in [-0.25, -0.2) is 0 Å². The van der Waals surface area contributed by atoms with Gasteiger partial charge in [0, 0.05) is 4.75 Å². The third kappa shape index (κ3) is 2.88. The summed E-state index contributed by atoms with van der Waals surface area (Å²) in [5.41, 5.74) is 3.04. The maximum absolute atomic E-state index is 2.37. The average Bonchev–Trinajstić information content (AvgIpc) is 2.27. The van der Waals surface area contributed by atoms with E-state index in [4.69, 9.17) is 0 Å². The Labute approximate surface area is 110 Å². The summed E-state index contributed by atoms with van der Waals surface area (Å²) >= 11 is 2.04. The van der Waals surface area contributed by atoms with Crippen LogP contribution < -0.4 is 0 Å². The van der Waals surface area contributed by atoms with E-state index in [2.05, 4.69) is 44.4 Å². The van der Waals surface area contributed by atoms with Gasteiger partial charge in [-0.05, 0) is 49.0 Å². The Morgan fingerprint density at radius 2 is 1.82 bits per heavy atom. The largest absolute Gasteiger partial charge is 0.154 e. The first kappa shape index (κ1) is 13.0. The predicted molar refractivity (Wildman–Crippen MR) is 78.6 cm³/mol. The van der Waals surface area contributed by atoms with Crippen molar-refractivity contribution < 1.29 is 0 Å². The second-order valence-electron chi connectivity index (χ2n) is 5.68. The highest BCUT2D eigenvalue weighted by Crippen LogP contribution is 2.51. The molecule has 0 amide bonds. The van der Waals surface area contributed by atoms with Crippen LogP contribution >= 0.6 is 11.8 Å². The van der Waals surface area contributed by atoms with Gasteiger partial charge in [-0.15, -0.1) is 0 Å². The van der Waals surface area contributed by atoms with Crippen LogP contribution in [0.25, 0.3) is 0 Å². The molecule has 0 spiro atoms. The lowest BCUT2D eigenvalue weighted by molar-refractivity contribution is 0.374. The molecule has 0 aromatic heterocycles. The predicted octanol–water partition coefficient (Wildman–Crippen LogP) is 5.02. The van der Waals surface area contributed by atoms with Crippen LogP contribution in [0.3, 0.4) is 0 Å². The van der Waals surface area contributed by atoms with Crippen LogP contribution in [0.1, 0.15) is 50.7 Å². The van der Waals surface area contributed by atoms with Gasteiger partial charge in [0.15, 0.2) is 0 Å². The molecule has 0 nitrogen and oxygen atoms in total. The van der Waals surface area contributed by atoms with E-state index in [-0.39, 0.29) is 0 Å². The van der Waals surface area contributed by atoms with Crippen molar-refractivity contribution in [3.8, 4) is 0 Å². The lowest BCUT2D eigenvalue weighted by Crippen LogP contribution is -2.29. The maximum atomic E-state index is 2.37. The van der Waals surface area contributed by atoms with Gasteiger partial charge < -0.3 is 0 Å². The summed E-state index contributed by atoms with van der Waals surface area (Å²) in [5.74, 6) is 0.804. The highest BCUT2D eigenvalue weighted by Gasteiger charge is 2.37. The topological polar surface area (TPSA) is 0 Å². The molecular formula is C16H24S. The van der Waals surface area contributed by atoms with Gasteiger partial charge in [0.25, 0.3) is 0 Å². The van der Waals surface area contributed by atoms with Gasteiger partial charge in [-0.1, -0.05) is 44.5 Å². The van der Waals surface area contributed by atoms with Gasteiger partial charge in [0.05, 0.1) is 0 Å². The Morgan fingerprint density at radius 1 is 1.18 bits per heavy atom. The Balaban J connectivity index is 2.02. The third-order valence-electron chi connectivity index (χ3n) is 4.04. The second-order valence-corrected chi connectivity index (χ2v) is 6.87. The van der Waals surface area contributed by atoms with Crippen LogP contribution in [0.5, 0.6) is 0 Å². The molecule has 1 aromatic rings. The van der Waals surface area contributed by atoms with E-state index in [0.29, 0.717) is 4.75 Å². The van der Waals surface area contributed by atoms with Crippen LogP contribution in [0, 0.1) is 5.92 Å². The summed E-state index contributed by atoms with van der Waals surface area (Å²) in [5, 5.41) is 0. The fourth-order valence-corrected chi connectivity index (χ4v) is 3.61. The van der Waals surface area contributed by atoms with Crippen LogP contribution in [0.15, 0.2) is 24.3 Å². The van der Waals surface area contributed by atoms with Crippen molar-refractivity contribution in [1.29, 1.82) is 0 Å². The molecule has 0 aliphatic heterocycles. The van der Waals surface area contributed by atoms with Crippen molar-refractivity contribution in [2.24, 2.45) is 5.92 Å². The zero-order chi connectivity index (χ0) is 12.3. The van der Waals surface area contributed by atoms with Crippen molar-refractivity contribution in [2.45, 2.75) is 50.7 Å². The van der Waals surface area contributed by atoms with Crippen LogP contribution in [0.2, 0.25) is 0 Å². The SMILES string of the molecule is CSC1(c2ccc(CCC(C)C)cc2)CCC1. The average molecular weight is 248 g/mol. The molecule has 1 aliphatic carbocycles. The Hall–Kier alpha value is -0.430. The van der Waals surface area contributed by atoms with Crippen molar-refractivity contribution in [3.05, 3.63) is 35.4 Å². The zero-order valence-electron chi connectivity index (χ0n) is 11.3. The molecule has 1 saturated carbocycles. The summed E-state index contributed by atoms with van der Waals surface area (Å²) in [6, 6.07) is 9.42. The van der Waals surface area contributed by atoms with E-state index >= 15 is 0 Å². The molecule has 0 saturated heterocycles. The van der Waals surface area contributed by atoms with E-state index in [0.717, 1.165) is 5.92 Å². The first-order valence-electron chi connectivity index (χ1n) is 6.81. The van der Waals surface area contributed by atoms with Crippen molar-refractivity contribution in [3.63, 3.8) is 0 Å². The van der Waals surface area contributed by atoms with Crippen molar-refractivity contribution in [1.82, 2.24) is 0 Å². The lowest BCUT2D eigenvalue weighted by atomic mass is 9.78. The van der Waals surface area contributed by atoms with Gasteiger partial charge in [-0.3, -0.25) is 0 Å². The molecule has 1 aromatic carbocycles. The lowest BCUT2D eigenvalue weighted by Gasteiger charge is -2.41. The molecule has 0 heterocycles. The molecule has 1 fully saturated rings. The molecule has 0 atom stereocenters. The minimum atomic E-state index is 0.455. The quantitative estimate of drug-likeness (QED) is 0.705. The molecule has 0 radical (unpaired) electrons.